The number of carbonyl (C=O) groups excluding carboxylic acids is 1. The lowest BCUT2D eigenvalue weighted by Crippen LogP contribution is -2.49. The summed E-state index contributed by atoms with van der Waals surface area (Å²) in [5.74, 6) is -0.437. The summed E-state index contributed by atoms with van der Waals surface area (Å²) in [6, 6.07) is 4.22. The third-order valence-electron chi connectivity index (χ3n) is 3.19. The van der Waals surface area contributed by atoms with E-state index in [-0.39, 0.29) is 28.5 Å². The standard InChI is InChI=1S/C13H14BrClN2O4/c1-8-6-16(7-9(5-14)21-8)13(18)12-10(15)3-2-4-11(12)17(19)20/h2-4,8-9H,5-7H2,1H3. The number of carbonyl (C=O) groups is 1. The van der Waals surface area contributed by atoms with Gasteiger partial charge in [-0.2, -0.15) is 0 Å². The summed E-state index contributed by atoms with van der Waals surface area (Å²) in [6.45, 7) is 2.61. The zero-order valence-electron chi connectivity index (χ0n) is 11.3. The molecule has 0 radical (unpaired) electrons. The van der Waals surface area contributed by atoms with E-state index in [1.807, 2.05) is 6.92 Å². The largest absolute Gasteiger partial charge is 0.371 e. The van der Waals surface area contributed by atoms with Gasteiger partial charge in [-0.3, -0.25) is 14.9 Å². The van der Waals surface area contributed by atoms with Crippen LogP contribution in [0.4, 0.5) is 5.69 Å². The lowest BCUT2D eigenvalue weighted by molar-refractivity contribution is -0.385. The lowest BCUT2D eigenvalue weighted by atomic mass is 10.1. The molecule has 0 aliphatic carbocycles. The number of alkyl halides is 1. The topological polar surface area (TPSA) is 72.7 Å². The fourth-order valence-electron chi connectivity index (χ4n) is 2.33. The summed E-state index contributed by atoms with van der Waals surface area (Å²) in [5, 5.41) is 11.8. The highest BCUT2D eigenvalue weighted by molar-refractivity contribution is 9.09. The van der Waals surface area contributed by atoms with Gasteiger partial charge in [0.05, 0.1) is 22.2 Å². The Morgan fingerprint density at radius 1 is 1.57 bits per heavy atom. The van der Waals surface area contributed by atoms with Gasteiger partial charge < -0.3 is 9.64 Å². The van der Waals surface area contributed by atoms with Crippen LogP contribution in [-0.2, 0) is 4.74 Å². The predicted molar refractivity (Wildman–Crippen MR) is 82.1 cm³/mol. The maximum absolute atomic E-state index is 12.6. The van der Waals surface area contributed by atoms with Gasteiger partial charge in [0.25, 0.3) is 11.6 Å². The van der Waals surface area contributed by atoms with Crippen molar-refractivity contribution in [3.05, 3.63) is 38.9 Å². The van der Waals surface area contributed by atoms with Crippen molar-refractivity contribution in [2.75, 3.05) is 18.4 Å². The number of halogens is 2. The monoisotopic (exact) mass is 376 g/mol. The van der Waals surface area contributed by atoms with E-state index in [9.17, 15) is 14.9 Å². The van der Waals surface area contributed by atoms with Crippen LogP contribution < -0.4 is 0 Å². The summed E-state index contributed by atoms with van der Waals surface area (Å²) in [7, 11) is 0. The molecule has 0 spiro atoms. The van der Waals surface area contributed by atoms with Gasteiger partial charge in [0, 0.05) is 24.5 Å². The highest BCUT2D eigenvalue weighted by Crippen LogP contribution is 2.28. The van der Waals surface area contributed by atoms with Crippen molar-refractivity contribution < 1.29 is 14.5 Å². The molecule has 2 atom stereocenters. The molecule has 0 saturated carbocycles. The first-order valence-corrected chi connectivity index (χ1v) is 7.87. The molecule has 1 saturated heterocycles. The lowest BCUT2D eigenvalue weighted by Gasteiger charge is -2.36. The average Bonchev–Trinajstić information content (AvgIpc) is 2.45. The second-order valence-corrected chi connectivity index (χ2v) is 5.88. The highest BCUT2D eigenvalue weighted by Gasteiger charge is 2.33. The average molecular weight is 378 g/mol. The Bertz CT molecular complexity index is 569. The molecular formula is C13H14BrClN2O4. The second-order valence-electron chi connectivity index (χ2n) is 4.82. The first-order chi connectivity index (χ1) is 9.93. The number of nitrogens with zero attached hydrogens (tertiary/aromatic N) is 2. The zero-order chi connectivity index (χ0) is 15.6. The molecule has 0 aromatic heterocycles. The van der Waals surface area contributed by atoms with E-state index < -0.39 is 10.8 Å². The van der Waals surface area contributed by atoms with Gasteiger partial charge in [0.2, 0.25) is 0 Å². The summed E-state index contributed by atoms with van der Waals surface area (Å²) in [6.07, 6.45) is -0.272. The minimum absolute atomic E-state index is 0.0633. The first-order valence-electron chi connectivity index (χ1n) is 6.37. The van der Waals surface area contributed by atoms with Crippen LogP contribution in [0.3, 0.4) is 0 Å². The minimum atomic E-state index is -0.592. The Kier molecular flexibility index (Phi) is 5.18. The van der Waals surface area contributed by atoms with Crippen molar-refractivity contribution in [2.24, 2.45) is 0 Å². The number of ether oxygens (including phenoxy) is 1. The van der Waals surface area contributed by atoms with Crippen LogP contribution in [0, 0.1) is 10.1 Å². The van der Waals surface area contributed by atoms with E-state index in [1.165, 1.54) is 18.2 Å². The molecule has 1 aromatic rings. The van der Waals surface area contributed by atoms with Crippen LogP contribution in [0.1, 0.15) is 17.3 Å². The van der Waals surface area contributed by atoms with Crippen molar-refractivity contribution in [2.45, 2.75) is 19.1 Å². The molecule has 2 unspecified atom stereocenters. The molecule has 8 heteroatoms. The van der Waals surface area contributed by atoms with Gasteiger partial charge in [0.15, 0.2) is 0 Å². The molecular weight excluding hydrogens is 364 g/mol. The Balaban J connectivity index is 2.34. The molecule has 1 fully saturated rings. The van der Waals surface area contributed by atoms with E-state index >= 15 is 0 Å². The van der Waals surface area contributed by atoms with Crippen LogP contribution in [0.2, 0.25) is 5.02 Å². The molecule has 6 nitrogen and oxygen atoms in total. The maximum atomic E-state index is 12.6. The summed E-state index contributed by atoms with van der Waals surface area (Å²) < 4.78 is 5.65. The normalized spacial score (nSPS) is 22.1. The second kappa shape index (κ2) is 6.72. The van der Waals surface area contributed by atoms with E-state index in [4.69, 9.17) is 16.3 Å². The van der Waals surface area contributed by atoms with Crippen molar-refractivity contribution in [3.63, 3.8) is 0 Å². The number of benzene rings is 1. The maximum Gasteiger partial charge on any atom is 0.283 e. The van der Waals surface area contributed by atoms with Crippen molar-refractivity contribution in [1.29, 1.82) is 0 Å². The predicted octanol–water partition coefficient (Wildman–Crippen LogP) is 2.87. The van der Waals surface area contributed by atoms with Gasteiger partial charge in [-0.05, 0) is 13.0 Å². The van der Waals surface area contributed by atoms with Gasteiger partial charge in [-0.15, -0.1) is 0 Å². The molecule has 114 valence electrons. The molecule has 0 N–H and O–H groups in total. The third kappa shape index (κ3) is 3.53. The van der Waals surface area contributed by atoms with E-state index in [1.54, 1.807) is 4.90 Å². The Hall–Kier alpha value is -1.18. The third-order valence-corrected chi connectivity index (χ3v) is 4.22. The molecule has 21 heavy (non-hydrogen) atoms. The Morgan fingerprint density at radius 3 is 2.90 bits per heavy atom. The first kappa shape index (κ1) is 16.2. The van der Waals surface area contributed by atoms with Crippen LogP contribution in [0.15, 0.2) is 18.2 Å². The van der Waals surface area contributed by atoms with Crippen LogP contribution >= 0.6 is 27.5 Å². The minimum Gasteiger partial charge on any atom is -0.371 e. The Morgan fingerprint density at radius 2 is 2.29 bits per heavy atom. The molecule has 1 amide bonds. The quantitative estimate of drug-likeness (QED) is 0.461. The smallest absolute Gasteiger partial charge is 0.283 e. The number of amides is 1. The summed E-state index contributed by atoms with van der Waals surface area (Å²) in [4.78, 5) is 24.7. The Labute approximate surface area is 135 Å². The van der Waals surface area contributed by atoms with Gasteiger partial charge >= 0.3 is 0 Å². The van der Waals surface area contributed by atoms with Crippen LogP contribution in [-0.4, -0.2) is 46.4 Å². The van der Waals surface area contributed by atoms with Gasteiger partial charge in [-0.1, -0.05) is 33.6 Å². The van der Waals surface area contributed by atoms with E-state index in [0.29, 0.717) is 18.4 Å². The molecule has 2 rings (SSSR count). The van der Waals surface area contributed by atoms with E-state index in [2.05, 4.69) is 15.9 Å². The van der Waals surface area contributed by atoms with Crippen LogP contribution in [0.25, 0.3) is 0 Å². The highest BCUT2D eigenvalue weighted by atomic mass is 79.9. The van der Waals surface area contributed by atoms with Gasteiger partial charge in [-0.25, -0.2) is 0 Å². The number of nitro benzene ring substituents is 1. The van der Waals surface area contributed by atoms with Crippen molar-refractivity contribution in [3.8, 4) is 0 Å². The number of hydrogen-bond acceptors (Lipinski definition) is 4. The van der Waals surface area contributed by atoms with Crippen molar-refractivity contribution in [1.82, 2.24) is 4.90 Å². The van der Waals surface area contributed by atoms with Crippen LogP contribution in [0.5, 0.6) is 0 Å². The molecule has 1 heterocycles. The van der Waals surface area contributed by atoms with Gasteiger partial charge in [0.1, 0.15) is 5.56 Å². The molecule has 1 aliphatic rings. The summed E-state index contributed by atoms with van der Waals surface area (Å²) in [5.41, 5.74) is -0.339. The van der Waals surface area contributed by atoms with Crippen molar-refractivity contribution >= 4 is 39.1 Å². The zero-order valence-corrected chi connectivity index (χ0v) is 13.6. The fraction of sp³-hybridized carbons (Fsp3) is 0.462. The molecule has 1 aliphatic heterocycles. The molecule has 1 aromatic carbocycles. The van der Waals surface area contributed by atoms with E-state index in [0.717, 1.165) is 0 Å². The summed E-state index contributed by atoms with van der Waals surface area (Å²) >= 11 is 9.33. The number of rotatable bonds is 3. The number of hydrogen-bond donors (Lipinski definition) is 0. The number of nitro groups is 1. The SMILES string of the molecule is CC1CN(C(=O)c2c(Cl)cccc2[N+](=O)[O-])CC(CBr)O1. The molecule has 0 bridgehead atoms. The number of morpholine rings is 1. The fourth-order valence-corrected chi connectivity index (χ4v) is 2.94.